The number of hydrogen-bond donors (Lipinski definition) is 2. The maximum atomic E-state index is 13.3. The standard InChI is InChI=1S/C31H33FN6OS/c1-20-19-26(21(2)38(20)25-14-12-24(13-15-25)36(3)4)30-29(27-7-5-6-17-33-27)35-31(40)37(30)18-16-28(39)34-23-10-8-22(32)9-11-23/h5-15,17,19,29-30H,16,18H2,1-4H3,(H,34,39)(H,35,40)/t29-,30+/m1/s1. The molecular formula is C31H33FN6OS. The minimum Gasteiger partial charge on any atom is -0.378 e. The molecule has 0 unspecified atom stereocenters. The van der Waals surface area contributed by atoms with Gasteiger partial charge in [-0.25, -0.2) is 4.39 Å². The molecule has 0 radical (unpaired) electrons. The topological polar surface area (TPSA) is 65.4 Å². The van der Waals surface area contributed by atoms with Gasteiger partial charge in [-0.15, -0.1) is 0 Å². The third-order valence-electron chi connectivity index (χ3n) is 7.32. The lowest BCUT2D eigenvalue weighted by molar-refractivity contribution is -0.116. The van der Waals surface area contributed by atoms with E-state index >= 15 is 0 Å². The minimum absolute atomic E-state index is 0.165. The van der Waals surface area contributed by atoms with Crippen LogP contribution in [-0.2, 0) is 4.79 Å². The molecule has 1 aliphatic rings. The summed E-state index contributed by atoms with van der Waals surface area (Å²) in [7, 11) is 4.06. The number of carbonyl (C=O) groups is 1. The molecule has 4 aromatic rings. The summed E-state index contributed by atoms with van der Waals surface area (Å²) < 4.78 is 15.5. The molecule has 5 rings (SSSR count). The largest absolute Gasteiger partial charge is 0.378 e. The fraction of sp³-hybridized carbons (Fsp3) is 0.258. The van der Waals surface area contributed by atoms with Crippen LogP contribution in [0.1, 0.15) is 41.1 Å². The molecule has 2 N–H and O–H groups in total. The van der Waals surface area contributed by atoms with Crippen LogP contribution < -0.4 is 15.5 Å². The number of aryl methyl sites for hydroxylation is 1. The molecule has 9 heteroatoms. The summed E-state index contributed by atoms with van der Waals surface area (Å²) in [6.45, 7) is 4.64. The van der Waals surface area contributed by atoms with Crippen molar-refractivity contribution in [3.63, 3.8) is 0 Å². The number of carbonyl (C=O) groups excluding carboxylic acids is 1. The van der Waals surface area contributed by atoms with Gasteiger partial charge >= 0.3 is 0 Å². The first-order chi connectivity index (χ1) is 19.2. The summed E-state index contributed by atoms with van der Waals surface area (Å²) in [5, 5.41) is 6.90. The Morgan fingerprint density at radius 3 is 2.45 bits per heavy atom. The zero-order valence-electron chi connectivity index (χ0n) is 23.1. The van der Waals surface area contributed by atoms with Crippen LogP contribution >= 0.6 is 12.2 Å². The molecule has 7 nitrogen and oxygen atoms in total. The van der Waals surface area contributed by atoms with Crippen molar-refractivity contribution in [3.8, 4) is 5.69 Å². The van der Waals surface area contributed by atoms with E-state index in [2.05, 4.69) is 74.2 Å². The molecule has 2 aromatic heterocycles. The van der Waals surface area contributed by atoms with Gasteiger partial charge in [-0.05, 0) is 98.4 Å². The molecule has 0 saturated carbocycles. The van der Waals surface area contributed by atoms with Crippen molar-refractivity contribution in [2.24, 2.45) is 0 Å². The Kier molecular flexibility index (Phi) is 7.84. The maximum Gasteiger partial charge on any atom is 0.226 e. The highest BCUT2D eigenvalue weighted by Gasteiger charge is 2.41. The maximum absolute atomic E-state index is 13.3. The molecule has 0 aliphatic carbocycles. The molecule has 206 valence electrons. The number of hydrogen-bond acceptors (Lipinski definition) is 4. The fourth-order valence-corrected chi connectivity index (χ4v) is 5.68. The van der Waals surface area contributed by atoms with Crippen molar-refractivity contribution in [2.75, 3.05) is 30.9 Å². The van der Waals surface area contributed by atoms with E-state index in [1.54, 1.807) is 18.3 Å². The number of halogens is 1. The molecule has 0 spiro atoms. The van der Waals surface area contributed by atoms with Gasteiger partial charge in [-0.1, -0.05) is 6.07 Å². The van der Waals surface area contributed by atoms with Gasteiger partial charge in [-0.2, -0.15) is 0 Å². The second-order valence-corrected chi connectivity index (χ2v) is 10.6. The molecule has 2 aromatic carbocycles. The monoisotopic (exact) mass is 556 g/mol. The lowest BCUT2D eigenvalue weighted by Crippen LogP contribution is -2.32. The van der Waals surface area contributed by atoms with Crippen molar-refractivity contribution < 1.29 is 9.18 Å². The van der Waals surface area contributed by atoms with Crippen LogP contribution in [0, 0.1) is 19.7 Å². The van der Waals surface area contributed by atoms with E-state index < -0.39 is 0 Å². The zero-order chi connectivity index (χ0) is 28.4. The molecule has 1 fully saturated rings. The minimum atomic E-state index is -0.346. The van der Waals surface area contributed by atoms with Crippen LogP contribution in [0.3, 0.4) is 0 Å². The van der Waals surface area contributed by atoms with Crippen LogP contribution in [-0.4, -0.2) is 46.1 Å². The number of pyridine rings is 1. The van der Waals surface area contributed by atoms with Gasteiger partial charge in [0, 0.05) is 61.7 Å². The molecule has 0 bridgehead atoms. The smallest absolute Gasteiger partial charge is 0.226 e. The Morgan fingerprint density at radius 1 is 1.07 bits per heavy atom. The number of nitrogens with zero attached hydrogens (tertiary/aromatic N) is 4. The van der Waals surface area contributed by atoms with Gasteiger partial charge in [0.05, 0.1) is 17.8 Å². The van der Waals surface area contributed by atoms with Gasteiger partial charge in [0.1, 0.15) is 5.82 Å². The predicted octanol–water partition coefficient (Wildman–Crippen LogP) is 5.70. The van der Waals surface area contributed by atoms with Gasteiger partial charge in [0.2, 0.25) is 5.91 Å². The van der Waals surface area contributed by atoms with Gasteiger partial charge in [0.25, 0.3) is 0 Å². The Balaban J connectivity index is 1.46. The molecule has 1 aliphatic heterocycles. The van der Waals surface area contributed by atoms with Crippen LogP contribution in [0.25, 0.3) is 5.69 Å². The summed E-state index contributed by atoms with van der Waals surface area (Å²) in [4.78, 5) is 21.6. The second kappa shape index (κ2) is 11.5. The Morgan fingerprint density at radius 2 is 1.80 bits per heavy atom. The Hall–Kier alpha value is -4.24. The van der Waals surface area contributed by atoms with Gasteiger partial charge < -0.3 is 25.0 Å². The summed E-state index contributed by atoms with van der Waals surface area (Å²) >= 11 is 5.81. The molecule has 2 atom stereocenters. The van der Waals surface area contributed by atoms with Gasteiger partial charge in [-0.3, -0.25) is 9.78 Å². The van der Waals surface area contributed by atoms with E-state index in [1.807, 2.05) is 32.3 Å². The molecular weight excluding hydrogens is 523 g/mol. The lowest BCUT2D eigenvalue weighted by Gasteiger charge is -2.28. The Bertz CT molecular complexity index is 1500. The fourth-order valence-electron chi connectivity index (χ4n) is 5.35. The van der Waals surface area contributed by atoms with E-state index in [0.29, 0.717) is 17.3 Å². The highest BCUT2D eigenvalue weighted by atomic mass is 32.1. The number of thiocarbonyl (C=S) groups is 1. The average Bonchev–Trinajstić information content (AvgIpc) is 3.43. The van der Waals surface area contributed by atoms with E-state index in [4.69, 9.17) is 12.2 Å². The van der Waals surface area contributed by atoms with Crippen LogP contribution in [0.5, 0.6) is 0 Å². The number of rotatable bonds is 8. The van der Waals surface area contributed by atoms with E-state index in [1.165, 1.54) is 12.1 Å². The number of amides is 1. The van der Waals surface area contributed by atoms with Crippen molar-refractivity contribution >= 4 is 34.6 Å². The average molecular weight is 557 g/mol. The molecule has 1 amide bonds. The lowest BCUT2D eigenvalue weighted by atomic mass is 9.96. The summed E-state index contributed by atoms with van der Waals surface area (Å²) in [5.74, 6) is -0.512. The van der Waals surface area contributed by atoms with Crippen LogP contribution in [0.2, 0.25) is 0 Å². The molecule has 40 heavy (non-hydrogen) atoms. The van der Waals surface area contributed by atoms with Crippen molar-refractivity contribution in [2.45, 2.75) is 32.4 Å². The summed E-state index contributed by atoms with van der Waals surface area (Å²) in [6, 6.07) is 22.0. The quantitative estimate of drug-likeness (QED) is 0.272. The third kappa shape index (κ3) is 5.56. The SMILES string of the molecule is Cc1cc([C@H]2[C@@H](c3ccccn3)NC(=S)N2CCC(=O)Nc2ccc(F)cc2)c(C)n1-c1ccc(N(C)C)cc1. The van der Waals surface area contributed by atoms with E-state index in [-0.39, 0.29) is 30.2 Å². The Labute approximate surface area is 239 Å². The van der Waals surface area contributed by atoms with Crippen molar-refractivity contribution in [3.05, 3.63) is 107 Å². The predicted molar refractivity (Wildman–Crippen MR) is 161 cm³/mol. The first-order valence-electron chi connectivity index (χ1n) is 13.2. The van der Waals surface area contributed by atoms with Crippen LogP contribution in [0.15, 0.2) is 79.0 Å². The first kappa shape index (κ1) is 27.3. The zero-order valence-corrected chi connectivity index (χ0v) is 23.9. The number of benzene rings is 2. The highest BCUT2D eigenvalue weighted by molar-refractivity contribution is 7.80. The van der Waals surface area contributed by atoms with Crippen LogP contribution in [0.4, 0.5) is 15.8 Å². The molecule has 3 heterocycles. The van der Waals surface area contributed by atoms with Gasteiger partial charge in [0.15, 0.2) is 5.11 Å². The van der Waals surface area contributed by atoms with Crippen molar-refractivity contribution in [1.82, 2.24) is 19.8 Å². The summed E-state index contributed by atoms with van der Waals surface area (Å²) in [5.41, 5.74) is 6.99. The van der Waals surface area contributed by atoms with E-state index in [9.17, 15) is 9.18 Å². The van der Waals surface area contributed by atoms with Crippen molar-refractivity contribution in [1.29, 1.82) is 0 Å². The van der Waals surface area contributed by atoms with E-state index in [0.717, 1.165) is 34.0 Å². The second-order valence-electron chi connectivity index (χ2n) is 10.2. The number of anilines is 2. The number of nitrogens with one attached hydrogen (secondary N) is 2. The highest BCUT2D eigenvalue weighted by Crippen LogP contribution is 2.41. The first-order valence-corrected chi connectivity index (χ1v) is 13.6. The number of aromatic nitrogens is 2. The third-order valence-corrected chi connectivity index (χ3v) is 7.67. The molecule has 1 saturated heterocycles. The normalized spacial score (nSPS) is 16.6. The summed E-state index contributed by atoms with van der Waals surface area (Å²) in [6.07, 6.45) is 2.00.